The van der Waals surface area contributed by atoms with E-state index in [-0.39, 0.29) is 27.8 Å². The summed E-state index contributed by atoms with van der Waals surface area (Å²) < 4.78 is 18.2. The van der Waals surface area contributed by atoms with Crippen LogP contribution in [0, 0.1) is 5.82 Å². The molecule has 0 unspecified atom stereocenters. The van der Waals surface area contributed by atoms with Crippen LogP contribution in [0.1, 0.15) is 10.5 Å². The molecule has 0 saturated heterocycles. The van der Waals surface area contributed by atoms with Crippen LogP contribution < -0.4 is 10.5 Å². The zero-order valence-electron chi connectivity index (χ0n) is 10.4. The van der Waals surface area contributed by atoms with Crippen molar-refractivity contribution in [2.24, 2.45) is 0 Å². The molecule has 3 N–H and O–H groups in total. The average Bonchev–Trinajstić information content (AvgIpc) is 2.42. The molecule has 1 heterocycles. The van der Waals surface area contributed by atoms with Gasteiger partial charge in [-0.05, 0) is 24.3 Å². The number of aromatic carboxylic acids is 1. The van der Waals surface area contributed by atoms with Crippen LogP contribution in [0.3, 0.4) is 0 Å². The fourth-order valence-corrected chi connectivity index (χ4v) is 1.84. The Hall–Kier alpha value is -2.34. The Morgan fingerprint density at radius 2 is 2.15 bits per heavy atom. The maximum Gasteiger partial charge on any atom is 0.356 e. The van der Waals surface area contributed by atoms with Gasteiger partial charge in [-0.25, -0.2) is 14.2 Å². The third-order valence-corrected chi connectivity index (χ3v) is 3.03. The molecule has 20 heavy (non-hydrogen) atoms. The number of rotatable bonds is 3. The van der Waals surface area contributed by atoms with E-state index in [0.717, 1.165) is 0 Å². The van der Waals surface area contributed by atoms with Crippen LogP contribution in [0.25, 0.3) is 11.3 Å². The van der Waals surface area contributed by atoms with E-state index in [4.69, 9.17) is 27.2 Å². The maximum atomic E-state index is 13.4. The smallest absolute Gasteiger partial charge is 0.356 e. The molecule has 0 radical (unpaired) electrons. The number of anilines is 1. The Balaban J connectivity index is 2.61. The number of carboxylic acid groups (broad SMARTS) is 1. The number of hydrogen-bond acceptors (Lipinski definition) is 4. The lowest BCUT2D eigenvalue weighted by molar-refractivity contribution is 0.0691. The first-order valence-corrected chi connectivity index (χ1v) is 5.85. The summed E-state index contributed by atoms with van der Waals surface area (Å²) in [4.78, 5) is 15.0. The van der Waals surface area contributed by atoms with E-state index < -0.39 is 11.8 Å². The van der Waals surface area contributed by atoms with Crippen molar-refractivity contribution < 1.29 is 19.0 Å². The van der Waals surface area contributed by atoms with Crippen molar-refractivity contribution >= 4 is 23.3 Å². The van der Waals surface area contributed by atoms with Gasteiger partial charge in [0, 0.05) is 5.56 Å². The first-order valence-electron chi connectivity index (χ1n) is 5.47. The summed E-state index contributed by atoms with van der Waals surface area (Å²) in [7, 11) is 1.33. The molecule has 0 spiro atoms. The van der Waals surface area contributed by atoms with E-state index in [9.17, 15) is 9.18 Å². The Morgan fingerprint density at radius 1 is 1.45 bits per heavy atom. The quantitative estimate of drug-likeness (QED) is 0.909. The number of halogens is 2. The number of aromatic nitrogens is 1. The summed E-state index contributed by atoms with van der Waals surface area (Å²) >= 11 is 5.78. The summed E-state index contributed by atoms with van der Waals surface area (Å²) in [5, 5.41) is 8.89. The van der Waals surface area contributed by atoms with Crippen LogP contribution in [-0.2, 0) is 0 Å². The monoisotopic (exact) mass is 296 g/mol. The van der Waals surface area contributed by atoms with Crippen molar-refractivity contribution in [2.45, 2.75) is 0 Å². The Labute approximate surface area is 118 Å². The number of pyridine rings is 1. The van der Waals surface area contributed by atoms with Crippen molar-refractivity contribution in [2.75, 3.05) is 12.8 Å². The third-order valence-electron chi connectivity index (χ3n) is 2.64. The van der Waals surface area contributed by atoms with E-state index in [1.54, 1.807) is 0 Å². The zero-order chi connectivity index (χ0) is 14.9. The molecule has 1 aromatic carbocycles. The maximum absolute atomic E-state index is 13.4. The molecule has 2 rings (SSSR count). The third kappa shape index (κ3) is 2.50. The molecule has 1 aromatic heterocycles. The van der Waals surface area contributed by atoms with Gasteiger partial charge in [-0.15, -0.1) is 0 Å². The normalized spacial score (nSPS) is 10.3. The topological polar surface area (TPSA) is 85.4 Å². The van der Waals surface area contributed by atoms with Crippen LogP contribution >= 0.6 is 11.6 Å². The SMILES string of the molecule is COc1cc(-c2cc(N)c(Cl)c(C(=O)O)n2)ccc1F. The molecule has 0 aliphatic heterocycles. The molecule has 0 bridgehead atoms. The molecule has 0 fully saturated rings. The predicted molar refractivity (Wildman–Crippen MR) is 72.6 cm³/mol. The molecule has 0 amide bonds. The second-order valence-corrected chi connectivity index (χ2v) is 4.29. The minimum atomic E-state index is -1.29. The molecular formula is C13H10ClFN2O3. The summed E-state index contributed by atoms with van der Waals surface area (Å²) in [5.41, 5.74) is 6.11. The molecule has 7 heteroatoms. The van der Waals surface area contributed by atoms with Gasteiger partial charge in [0.05, 0.1) is 23.5 Å². The fraction of sp³-hybridized carbons (Fsp3) is 0.0769. The van der Waals surface area contributed by atoms with Crippen molar-refractivity contribution in [1.29, 1.82) is 0 Å². The highest BCUT2D eigenvalue weighted by Gasteiger charge is 2.16. The van der Waals surface area contributed by atoms with Crippen molar-refractivity contribution in [3.8, 4) is 17.0 Å². The summed E-state index contributed by atoms with van der Waals surface area (Å²) in [5.74, 6) is -1.80. The number of carboxylic acids is 1. The lowest BCUT2D eigenvalue weighted by Crippen LogP contribution is -2.05. The number of carbonyl (C=O) groups is 1. The summed E-state index contributed by atoms with van der Waals surface area (Å²) in [6, 6.07) is 5.46. The van der Waals surface area contributed by atoms with Crippen LogP contribution in [0.5, 0.6) is 5.75 Å². The highest BCUT2D eigenvalue weighted by molar-refractivity contribution is 6.35. The average molecular weight is 297 g/mol. The van der Waals surface area contributed by atoms with Gasteiger partial charge in [0.1, 0.15) is 0 Å². The number of methoxy groups -OCH3 is 1. The van der Waals surface area contributed by atoms with Gasteiger partial charge < -0.3 is 15.6 Å². The summed E-state index contributed by atoms with van der Waals surface area (Å²) in [6.45, 7) is 0. The molecular weight excluding hydrogens is 287 g/mol. The molecule has 5 nitrogen and oxygen atoms in total. The minimum Gasteiger partial charge on any atom is -0.494 e. The highest BCUT2D eigenvalue weighted by Crippen LogP contribution is 2.30. The van der Waals surface area contributed by atoms with Crippen molar-refractivity contribution in [3.63, 3.8) is 0 Å². The number of ether oxygens (including phenoxy) is 1. The van der Waals surface area contributed by atoms with E-state index in [1.807, 2.05) is 0 Å². The van der Waals surface area contributed by atoms with Crippen molar-refractivity contribution in [3.05, 3.63) is 40.8 Å². The molecule has 0 aliphatic carbocycles. The first-order chi connectivity index (χ1) is 9.43. The zero-order valence-corrected chi connectivity index (χ0v) is 11.1. The fourth-order valence-electron chi connectivity index (χ4n) is 1.66. The minimum absolute atomic E-state index is 0.0229. The Morgan fingerprint density at radius 3 is 2.75 bits per heavy atom. The second-order valence-electron chi connectivity index (χ2n) is 3.91. The van der Waals surface area contributed by atoms with Gasteiger partial charge in [0.2, 0.25) is 0 Å². The van der Waals surface area contributed by atoms with Crippen LogP contribution in [0.2, 0.25) is 5.02 Å². The Kier molecular flexibility index (Phi) is 3.76. The number of hydrogen-bond donors (Lipinski definition) is 2. The van der Waals surface area contributed by atoms with E-state index >= 15 is 0 Å². The van der Waals surface area contributed by atoms with Gasteiger partial charge >= 0.3 is 5.97 Å². The molecule has 0 aliphatic rings. The summed E-state index contributed by atoms with van der Waals surface area (Å²) in [6.07, 6.45) is 0. The first kappa shape index (κ1) is 14.1. The van der Waals surface area contributed by atoms with Gasteiger partial charge in [-0.2, -0.15) is 0 Å². The number of nitrogens with two attached hydrogens (primary N) is 1. The van der Waals surface area contributed by atoms with E-state index in [2.05, 4.69) is 4.98 Å². The standard InChI is InChI=1S/C13H10ClFN2O3/c1-20-10-4-6(2-3-7(10)15)9-5-8(16)11(14)12(17-9)13(18)19/h2-5H,1H3,(H2,16,17)(H,18,19). The van der Waals surface area contributed by atoms with Crippen LogP contribution in [-0.4, -0.2) is 23.2 Å². The molecule has 0 saturated carbocycles. The second kappa shape index (κ2) is 5.34. The molecule has 2 aromatic rings. The number of nitrogens with zero attached hydrogens (tertiary/aromatic N) is 1. The van der Waals surface area contributed by atoms with Crippen LogP contribution in [0.15, 0.2) is 24.3 Å². The molecule has 0 atom stereocenters. The van der Waals surface area contributed by atoms with Gasteiger partial charge in [0.25, 0.3) is 0 Å². The van der Waals surface area contributed by atoms with E-state index in [1.165, 1.54) is 31.4 Å². The van der Waals surface area contributed by atoms with Crippen molar-refractivity contribution in [1.82, 2.24) is 4.98 Å². The number of benzene rings is 1. The predicted octanol–water partition coefficient (Wildman–Crippen LogP) is 2.83. The van der Waals surface area contributed by atoms with Gasteiger partial charge in [0.15, 0.2) is 17.3 Å². The Bertz CT molecular complexity index is 692. The van der Waals surface area contributed by atoms with Gasteiger partial charge in [-0.3, -0.25) is 0 Å². The van der Waals surface area contributed by atoms with Gasteiger partial charge in [-0.1, -0.05) is 11.6 Å². The lowest BCUT2D eigenvalue weighted by Gasteiger charge is -2.09. The van der Waals surface area contributed by atoms with Crippen LogP contribution in [0.4, 0.5) is 10.1 Å². The largest absolute Gasteiger partial charge is 0.494 e. The lowest BCUT2D eigenvalue weighted by atomic mass is 10.1. The highest BCUT2D eigenvalue weighted by atomic mass is 35.5. The molecule has 104 valence electrons. The number of nitrogen functional groups attached to an aromatic ring is 1. The van der Waals surface area contributed by atoms with E-state index in [0.29, 0.717) is 5.56 Å².